The minimum Gasteiger partial charge on any atom is -0.466 e. The van der Waals surface area contributed by atoms with Gasteiger partial charge < -0.3 is 10.1 Å². The molecule has 1 aliphatic heterocycles. The average molecular weight is 373 g/mol. The van der Waals surface area contributed by atoms with Gasteiger partial charge in [-0.2, -0.15) is 0 Å². The molecule has 0 radical (unpaired) electrons. The van der Waals surface area contributed by atoms with E-state index >= 15 is 0 Å². The summed E-state index contributed by atoms with van der Waals surface area (Å²) in [6, 6.07) is 6.42. The van der Waals surface area contributed by atoms with Gasteiger partial charge in [0.2, 0.25) is 5.91 Å². The van der Waals surface area contributed by atoms with E-state index in [9.17, 15) is 19.2 Å². The summed E-state index contributed by atoms with van der Waals surface area (Å²) in [4.78, 5) is 53.1. The molecule has 9 heteroatoms. The third kappa shape index (κ3) is 3.62. The number of ether oxygens (including phenoxy) is 1. The largest absolute Gasteiger partial charge is 0.466 e. The van der Waals surface area contributed by atoms with Crippen molar-refractivity contribution < 1.29 is 23.9 Å². The first-order valence-electron chi connectivity index (χ1n) is 7.84. The second kappa shape index (κ2) is 7.44. The molecule has 0 saturated heterocycles. The maximum absolute atomic E-state index is 12.2. The van der Waals surface area contributed by atoms with Crippen molar-refractivity contribution in [2.75, 3.05) is 18.5 Å². The number of fused-ring (bicyclic) bond motifs is 1. The number of aromatic nitrogens is 1. The maximum Gasteiger partial charge on any atom is 0.311 e. The molecule has 0 unspecified atom stereocenters. The highest BCUT2D eigenvalue weighted by atomic mass is 32.1. The molecule has 0 atom stereocenters. The van der Waals surface area contributed by atoms with Gasteiger partial charge in [-0.25, -0.2) is 4.98 Å². The number of carbonyl (C=O) groups excluding carboxylic acids is 4. The molecule has 0 fully saturated rings. The van der Waals surface area contributed by atoms with Gasteiger partial charge in [0.15, 0.2) is 5.13 Å². The summed E-state index contributed by atoms with van der Waals surface area (Å²) in [5.74, 6) is -1.94. The Morgan fingerprint density at radius 2 is 1.85 bits per heavy atom. The third-order valence-electron chi connectivity index (χ3n) is 3.61. The van der Waals surface area contributed by atoms with Crippen molar-refractivity contribution in [3.8, 4) is 0 Å². The molecule has 1 N–H and O–H groups in total. The van der Waals surface area contributed by atoms with E-state index in [4.69, 9.17) is 4.74 Å². The van der Waals surface area contributed by atoms with Crippen LogP contribution in [0.1, 0.15) is 33.3 Å². The average Bonchev–Trinajstić information content (AvgIpc) is 3.13. The molecule has 134 valence electrons. The fraction of sp³-hybridized carbons (Fsp3) is 0.235. The van der Waals surface area contributed by atoms with Gasteiger partial charge in [-0.05, 0) is 19.1 Å². The van der Waals surface area contributed by atoms with Crippen molar-refractivity contribution in [1.29, 1.82) is 0 Å². The Hall–Kier alpha value is -3.07. The summed E-state index contributed by atoms with van der Waals surface area (Å²) in [7, 11) is 0. The molecule has 0 bridgehead atoms. The first-order valence-corrected chi connectivity index (χ1v) is 8.72. The van der Waals surface area contributed by atoms with Gasteiger partial charge in [-0.15, -0.1) is 11.3 Å². The van der Waals surface area contributed by atoms with E-state index in [-0.39, 0.29) is 29.3 Å². The van der Waals surface area contributed by atoms with Crippen LogP contribution in [0.15, 0.2) is 29.6 Å². The van der Waals surface area contributed by atoms with Crippen molar-refractivity contribution >= 4 is 40.2 Å². The lowest BCUT2D eigenvalue weighted by atomic mass is 10.1. The Bertz CT molecular complexity index is 857. The van der Waals surface area contributed by atoms with E-state index in [0.717, 1.165) is 16.2 Å². The summed E-state index contributed by atoms with van der Waals surface area (Å²) in [5, 5.41) is 4.45. The van der Waals surface area contributed by atoms with Gasteiger partial charge in [0.25, 0.3) is 11.8 Å². The van der Waals surface area contributed by atoms with Gasteiger partial charge in [-0.3, -0.25) is 24.1 Å². The molecule has 2 heterocycles. The SMILES string of the molecule is CCOC(=O)Cc1csc(NC(=O)CN2C(=O)c3ccccc3C2=O)n1. The van der Waals surface area contributed by atoms with Crippen LogP contribution in [-0.2, 0) is 20.7 Å². The highest BCUT2D eigenvalue weighted by molar-refractivity contribution is 7.13. The number of imide groups is 1. The quantitative estimate of drug-likeness (QED) is 0.607. The fourth-order valence-electron chi connectivity index (χ4n) is 2.49. The van der Waals surface area contributed by atoms with Crippen LogP contribution in [0.5, 0.6) is 0 Å². The zero-order valence-corrected chi connectivity index (χ0v) is 14.7. The molecule has 8 nitrogen and oxygen atoms in total. The Labute approximate surface area is 152 Å². The molecular formula is C17H15N3O5S. The Morgan fingerprint density at radius 1 is 1.19 bits per heavy atom. The summed E-state index contributed by atoms with van der Waals surface area (Å²) in [5.41, 5.74) is 1.05. The number of anilines is 1. The third-order valence-corrected chi connectivity index (χ3v) is 4.42. The minimum absolute atomic E-state index is 0.0125. The van der Waals surface area contributed by atoms with E-state index in [2.05, 4.69) is 10.3 Å². The molecule has 0 aliphatic carbocycles. The van der Waals surface area contributed by atoms with E-state index in [1.807, 2.05) is 0 Å². The topological polar surface area (TPSA) is 106 Å². The zero-order chi connectivity index (χ0) is 18.7. The van der Waals surface area contributed by atoms with Crippen LogP contribution in [0.4, 0.5) is 5.13 Å². The lowest BCUT2D eigenvalue weighted by Crippen LogP contribution is -2.37. The Kier molecular flexibility index (Phi) is 5.08. The number of amides is 3. The predicted octanol–water partition coefficient (Wildman–Crippen LogP) is 1.48. The van der Waals surface area contributed by atoms with Gasteiger partial charge in [0.1, 0.15) is 6.54 Å². The number of nitrogens with zero attached hydrogens (tertiary/aromatic N) is 2. The minimum atomic E-state index is -0.545. The lowest BCUT2D eigenvalue weighted by molar-refractivity contribution is -0.142. The summed E-state index contributed by atoms with van der Waals surface area (Å²) < 4.78 is 4.84. The molecule has 1 aromatic carbocycles. The number of benzene rings is 1. The normalized spacial score (nSPS) is 12.9. The van der Waals surface area contributed by atoms with Gasteiger partial charge in [-0.1, -0.05) is 12.1 Å². The highest BCUT2D eigenvalue weighted by Crippen LogP contribution is 2.22. The fourth-order valence-corrected chi connectivity index (χ4v) is 3.22. The smallest absolute Gasteiger partial charge is 0.311 e. The van der Waals surface area contributed by atoms with Crippen LogP contribution in [0, 0.1) is 0 Å². The monoisotopic (exact) mass is 373 g/mol. The van der Waals surface area contributed by atoms with Crippen LogP contribution in [0.2, 0.25) is 0 Å². The lowest BCUT2D eigenvalue weighted by Gasteiger charge is -2.12. The second-order valence-corrected chi connectivity index (χ2v) is 6.27. The second-order valence-electron chi connectivity index (χ2n) is 5.42. The number of hydrogen-bond donors (Lipinski definition) is 1. The molecule has 1 aliphatic rings. The number of nitrogens with one attached hydrogen (secondary N) is 1. The summed E-state index contributed by atoms with van der Waals surface area (Å²) in [6.07, 6.45) is 0.0125. The number of hydrogen-bond acceptors (Lipinski definition) is 7. The van der Waals surface area contributed by atoms with Crippen molar-refractivity contribution in [3.05, 3.63) is 46.5 Å². The number of thiazole rings is 1. The number of esters is 1. The van der Waals surface area contributed by atoms with Gasteiger partial charge in [0.05, 0.1) is 29.8 Å². The van der Waals surface area contributed by atoms with Crippen LogP contribution >= 0.6 is 11.3 Å². The van der Waals surface area contributed by atoms with Crippen LogP contribution in [0.3, 0.4) is 0 Å². The molecule has 3 rings (SSSR count). The molecular weight excluding hydrogens is 358 g/mol. The Balaban J connectivity index is 1.60. The van der Waals surface area contributed by atoms with E-state index < -0.39 is 30.2 Å². The number of rotatable bonds is 6. The van der Waals surface area contributed by atoms with Crippen LogP contribution in [-0.4, -0.2) is 46.7 Å². The maximum atomic E-state index is 12.2. The van der Waals surface area contributed by atoms with Gasteiger partial charge in [0, 0.05) is 5.38 Å². The first-order chi connectivity index (χ1) is 12.5. The standard InChI is InChI=1S/C17H15N3O5S/c1-2-25-14(22)7-10-9-26-17(18-10)19-13(21)8-20-15(23)11-5-3-4-6-12(11)16(20)24/h3-6,9H,2,7-8H2,1H3,(H,18,19,21). The van der Waals surface area contributed by atoms with E-state index in [1.165, 1.54) is 0 Å². The Morgan fingerprint density at radius 3 is 2.46 bits per heavy atom. The zero-order valence-electron chi connectivity index (χ0n) is 13.9. The van der Waals surface area contributed by atoms with Crippen molar-refractivity contribution in [2.45, 2.75) is 13.3 Å². The summed E-state index contributed by atoms with van der Waals surface area (Å²) in [6.45, 7) is 1.59. The van der Waals surface area contributed by atoms with Crippen molar-refractivity contribution in [2.24, 2.45) is 0 Å². The van der Waals surface area contributed by atoms with Crippen molar-refractivity contribution in [1.82, 2.24) is 9.88 Å². The van der Waals surface area contributed by atoms with Crippen LogP contribution in [0.25, 0.3) is 0 Å². The van der Waals surface area contributed by atoms with Crippen molar-refractivity contribution in [3.63, 3.8) is 0 Å². The van der Waals surface area contributed by atoms with Crippen LogP contribution < -0.4 is 5.32 Å². The molecule has 3 amide bonds. The number of carbonyl (C=O) groups is 4. The van der Waals surface area contributed by atoms with E-state index in [1.54, 1.807) is 36.6 Å². The first kappa shape index (κ1) is 17.7. The summed E-state index contributed by atoms with van der Waals surface area (Å²) >= 11 is 1.15. The van der Waals surface area contributed by atoms with E-state index in [0.29, 0.717) is 5.69 Å². The molecule has 2 aromatic rings. The molecule has 26 heavy (non-hydrogen) atoms. The molecule has 0 saturated carbocycles. The predicted molar refractivity (Wildman–Crippen MR) is 92.9 cm³/mol. The molecule has 0 spiro atoms. The molecule has 1 aromatic heterocycles. The van der Waals surface area contributed by atoms with Gasteiger partial charge >= 0.3 is 5.97 Å². The highest BCUT2D eigenvalue weighted by Gasteiger charge is 2.36.